The van der Waals surface area contributed by atoms with Gasteiger partial charge in [0.25, 0.3) is 0 Å². The Hall–Kier alpha value is -1.92. The number of carbonyl (C=O) groups excluding carboxylic acids is 1. The standard InChI is InChI=1S/C20H21N3OS2/c1-13(20(24)23(2)14-8-4-3-5-9-14)25-18-17-15-10-6-7-11-16(15)26-19(17)22-12-21-18/h3-5,8-9,12-13H,6-7,10-11H2,1-2H3. The largest absolute Gasteiger partial charge is 0.315 e. The van der Waals surface area contributed by atoms with Crippen LogP contribution in [0.15, 0.2) is 41.7 Å². The predicted octanol–water partition coefficient (Wildman–Crippen LogP) is 4.71. The number of carbonyl (C=O) groups is 1. The molecule has 1 aliphatic rings. The summed E-state index contributed by atoms with van der Waals surface area (Å²) in [5.41, 5.74) is 2.32. The summed E-state index contributed by atoms with van der Waals surface area (Å²) in [6, 6.07) is 9.75. The molecular formula is C20H21N3OS2. The number of rotatable bonds is 4. The number of hydrogen-bond donors (Lipinski definition) is 0. The van der Waals surface area contributed by atoms with Crippen LogP contribution in [0.1, 0.15) is 30.2 Å². The van der Waals surface area contributed by atoms with Gasteiger partial charge in [0, 0.05) is 23.0 Å². The minimum absolute atomic E-state index is 0.0806. The molecule has 4 rings (SSSR count). The van der Waals surface area contributed by atoms with Gasteiger partial charge in [0.05, 0.1) is 5.25 Å². The Morgan fingerprint density at radius 1 is 1.19 bits per heavy atom. The van der Waals surface area contributed by atoms with Crippen molar-refractivity contribution in [3.63, 3.8) is 0 Å². The molecule has 134 valence electrons. The fraction of sp³-hybridized carbons (Fsp3) is 0.350. The molecule has 0 bridgehead atoms. The molecule has 0 aliphatic heterocycles. The lowest BCUT2D eigenvalue weighted by Gasteiger charge is -2.21. The number of aryl methyl sites for hydroxylation is 2. The second kappa shape index (κ2) is 7.37. The summed E-state index contributed by atoms with van der Waals surface area (Å²) in [7, 11) is 1.83. The first-order chi connectivity index (χ1) is 12.6. The summed E-state index contributed by atoms with van der Waals surface area (Å²) >= 11 is 3.34. The number of thioether (sulfide) groups is 1. The Bertz CT molecular complexity index is 939. The Kier molecular flexibility index (Phi) is 4.96. The van der Waals surface area contributed by atoms with Crippen LogP contribution in [0.4, 0.5) is 5.69 Å². The Labute approximate surface area is 161 Å². The fourth-order valence-electron chi connectivity index (χ4n) is 3.42. The van der Waals surface area contributed by atoms with Crippen LogP contribution < -0.4 is 4.90 Å². The molecule has 0 spiro atoms. The van der Waals surface area contributed by atoms with E-state index in [0.29, 0.717) is 0 Å². The first kappa shape index (κ1) is 17.5. The molecule has 1 unspecified atom stereocenters. The zero-order valence-corrected chi connectivity index (χ0v) is 16.6. The molecule has 3 aromatic rings. The van der Waals surface area contributed by atoms with Gasteiger partial charge in [-0.2, -0.15) is 0 Å². The number of hydrogen-bond acceptors (Lipinski definition) is 5. The van der Waals surface area contributed by atoms with Crippen molar-refractivity contribution in [2.75, 3.05) is 11.9 Å². The summed E-state index contributed by atoms with van der Waals surface area (Å²) in [5.74, 6) is 0.0806. The SMILES string of the molecule is CC(Sc1ncnc2sc3c(c12)CCCC3)C(=O)N(C)c1ccccc1. The van der Waals surface area contributed by atoms with Gasteiger partial charge in [-0.05, 0) is 50.3 Å². The maximum absolute atomic E-state index is 12.9. The van der Waals surface area contributed by atoms with Gasteiger partial charge in [-0.15, -0.1) is 11.3 Å². The van der Waals surface area contributed by atoms with Crippen LogP contribution in [0, 0.1) is 0 Å². The maximum Gasteiger partial charge on any atom is 0.239 e. The number of benzene rings is 1. The average Bonchev–Trinajstić information content (AvgIpc) is 3.07. The average molecular weight is 384 g/mol. The van der Waals surface area contributed by atoms with E-state index in [1.54, 1.807) is 34.3 Å². The fourth-order valence-corrected chi connectivity index (χ4v) is 5.75. The van der Waals surface area contributed by atoms with Crippen LogP contribution >= 0.6 is 23.1 Å². The molecule has 1 aliphatic carbocycles. The van der Waals surface area contributed by atoms with Crippen molar-refractivity contribution in [2.24, 2.45) is 0 Å². The zero-order valence-electron chi connectivity index (χ0n) is 14.9. The topological polar surface area (TPSA) is 46.1 Å². The van der Waals surface area contributed by atoms with Gasteiger partial charge in [-0.1, -0.05) is 30.0 Å². The number of amides is 1. The lowest BCUT2D eigenvalue weighted by Crippen LogP contribution is -2.33. The highest BCUT2D eigenvalue weighted by Crippen LogP contribution is 2.40. The molecule has 1 atom stereocenters. The third kappa shape index (κ3) is 3.23. The molecule has 0 N–H and O–H groups in total. The van der Waals surface area contributed by atoms with Crippen molar-refractivity contribution >= 4 is 44.9 Å². The molecule has 0 saturated carbocycles. The van der Waals surface area contributed by atoms with Crippen LogP contribution in [0.5, 0.6) is 0 Å². The van der Waals surface area contributed by atoms with E-state index >= 15 is 0 Å². The molecule has 6 heteroatoms. The molecule has 0 saturated heterocycles. The lowest BCUT2D eigenvalue weighted by atomic mass is 9.97. The number of nitrogens with zero attached hydrogens (tertiary/aromatic N) is 3. The molecule has 2 heterocycles. The van der Waals surface area contributed by atoms with Crippen molar-refractivity contribution in [3.8, 4) is 0 Å². The van der Waals surface area contributed by atoms with E-state index in [4.69, 9.17) is 0 Å². The van der Waals surface area contributed by atoms with E-state index in [1.165, 1.54) is 28.7 Å². The highest BCUT2D eigenvalue weighted by atomic mass is 32.2. The number of aromatic nitrogens is 2. The molecule has 1 amide bonds. The normalized spacial score (nSPS) is 14.8. The van der Waals surface area contributed by atoms with Crippen LogP contribution in [0.3, 0.4) is 0 Å². The number of para-hydroxylation sites is 1. The van der Waals surface area contributed by atoms with Crippen LogP contribution in [-0.2, 0) is 17.6 Å². The van der Waals surface area contributed by atoms with E-state index in [1.807, 2.05) is 44.3 Å². The molecule has 0 fully saturated rings. The number of thiophene rings is 1. The van der Waals surface area contributed by atoms with Crippen molar-refractivity contribution in [2.45, 2.75) is 42.9 Å². The van der Waals surface area contributed by atoms with Crippen LogP contribution in [0.25, 0.3) is 10.2 Å². The molecular weight excluding hydrogens is 362 g/mol. The van der Waals surface area contributed by atoms with E-state index in [2.05, 4.69) is 9.97 Å². The van der Waals surface area contributed by atoms with E-state index in [0.717, 1.165) is 28.4 Å². The molecule has 4 nitrogen and oxygen atoms in total. The first-order valence-corrected chi connectivity index (χ1v) is 10.6. The van der Waals surface area contributed by atoms with Gasteiger partial charge in [-0.3, -0.25) is 4.79 Å². The highest BCUT2D eigenvalue weighted by molar-refractivity contribution is 8.00. The minimum Gasteiger partial charge on any atom is -0.315 e. The second-order valence-corrected chi connectivity index (χ2v) is 8.98. The Morgan fingerprint density at radius 2 is 1.96 bits per heavy atom. The Morgan fingerprint density at radius 3 is 2.77 bits per heavy atom. The summed E-state index contributed by atoms with van der Waals surface area (Å²) in [5, 5.41) is 1.91. The van der Waals surface area contributed by atoms with Gasteiger partial charge in [0.15, 0.2) is 0 Å². The van der Waals surface area contributed by atoms with Gasteiger partial charge < -0.3 is 4.90 Å². The van der Waals surface area contributed by atoms with Crippen molar-refractivity contribution in [1.29, 1.82) is 0 Å². The zero-order chi connectivity index (χ0) is 18.1. The molecule has 1 aromatic carbocycles. The van der Waals surface area contributed by atoms with Crippen LogP contribution in [-0.4, -0.2) is 28.2 Å². The maximum atomic E-state index is 12.9. The first-order valence-electron chi connectivity index (χ1n) is 8.89. The van der Waals surface area contributed by atoms with Crippen LogP contribution in [0.2, 0.25) is 0 Å². The van der Waals surface area contributed by atoms with Gasteiger partial charge in [0.1, 0.15) is 16.2 Å². The summed E-state index contributed by atoms with van der Waals surface area (Å²) < 4.78 is 0. The highest BCUT2D eigenvalue weighted by Gasteiger charge is 2.24. The molecule has 26 heavy (non-hydrogen) atoms. The van der Waals surface area contributed by atoms with Crippen molar-refractivity contribution in [3.05, 3.63) is 47.1 Å². The van der Waals surface area contributed by atoms with Gasteiger partial charge in [0.2, 0.25) is 5.91 Å². The van der Waals surface area contributed by atoms with Gasteiger partial charge >= 0.3 is 0 Å². The Balaban J connectivity index is 1.61. The monoisotopic (exact) mass is 383 g/mol. The quantitative estimate of drug-likeness (QED) is 0.483. The van der Waals surface area contributed by atoms with E-state index in [9.17, 15) is 4.79 Å². The summed E-state index contributed by atoms with van der Waals surface area (Å²) in [6.45, 7) is 1.96. The molecule has 0 radical (unpaired) electrons. The van der Waals surface area contributed by atoms with E-state index in [-0.39, 0.29) is 11.2 Å². The third-order valence-corrected chi connectivity index (χ3v) is 7.11. The third-order valence-electron chi connectivity index (χ3n) is 4.83. The van der Waals surface area contributed by atoms with E-state index < -0.39 is 0 Å². The number of anilines is 1. The van der Waals surface area contributed by atoms with Gasteiger partial charge in [-0.25, -0.2) is 9.97 Å². The summed E-state index contributed by atoms with van der Waals surface area (Å²) in [6.07, 6.45) is 6.36. The second-order valence-electron chi connectivity index (χ2n) is 6.56. The smallest absolute Gasteiger partial charge is 0.239 e. The van der Waals surface area contributed by atoms with Crippen molar-refractivity contribution in [1.82, 2.24) is 9.97 Å². The number of fused-ring (bicyclic) bond motifs is 3. The minimum atomic E-state index is -0.211. The summed E-state index contributed by atoms with van der Waals surface area (Å²) in [4.78, 5) is 26.1. The molecule has 2 aromatic heterocycles. The lowest BCUT2D eigenvalue weighted by molar-refractivity contribution is -0.117. The van der Waals surface area contributed by atoms with Crippen molar-refractivity contribution < 1.29 is 4.79 Å². The predicted molar refractivity (Wildman–Crippen MR) is 109 cm³/mol.